The fourth-order valence-electron chi connectivity index (χ4n) is 1.04. The van der Waals surface area contributed by atoms with Crippen molar-refractivity contribution in [3.8, 4) is 0 Å². The summed E-state index contributed by atoms with van der Waals surface area (Å²) >= 11 is 0. The second-order valence-electron chi connectivity index (χ2n) is 2.62. The van der Waals surface area contributed by atoms with Crippen molar-refractivity contribution < 1.29 is 8.42 Å². The monoisotopic (exact) mass is 210 g/mol. The highest BCUT2D eigenvalue weighted by Gasteiger charge is 2.21. The third kappa shape index (κ3) is 2.07. The largest absolute Gasteiger partial charge is 0.255 e. The first-order chi connectivity index (χ1) is 6.46. The third-order valence-corrected chi connectivity index (χ3v) is 2.55. The summed E-state index contributed by atoms with van der Waals surface area (Å²) < 4.78 is 22.3. The minimum Gasteiger partial charge on any atom is -0.255 e. The summed E-state index contributed by atoms with van der Waals surface area (Å²) in [5, 5.41) is 5.01. The van der Waals surface area contributed by atoms with Gasteiger partial charge in [0, 0.05) is 6.20 Å². The van der Waals surface area contributed by atoms with E-state index < -0.39 is 10.0 Å². The summed E-state index contributed by atoms with van der Waals surface area (Å²) in [4.78, 5) is 3.78. The van der Waals surface area contributed by atoms with Gasteiger partial charge in [0.05, 0.1) is 5.71 Å². The SMILES string of the molecule is C=C/N=C1\C(=C)C=CC=C1S(N)(=O)=O. The maximum atomic E-state index is 11.1. The number of aliphatic imine (C=N–C) groups is 1. The second kappa shape index (κ2) is 3.73. The molecule has 0 saturated heterocycles. The van der Waals surface area contributed by atoms with E-state index in [9.17, 15) is 8.42 Å². The van der Waals surface area contributed by atoms with Gasteiger partial charge in [-0.3, -0.25) is 4.99 Å². The fourth-order valence-corrected chi connectivity index (χ4v) is 1.76. The molecule has 1 rings (SSSR count). The molecule has 1 aliphatic carbocycles. The van der Waals surface area contributed by atoms with E-state index in [1.54, 1.807) is 12.2 Å². The van der Waals surface area contributed by atoms with Crippen molar-refractivity contribution in [1.82, 2.24) is 0 Å². The van der Waals surface area contributed by atoms with Gasteiger partial charge in [-0.2, -0.15) is 0 Å². The highest BCUT2D eigenvalue weighted by molar-refractivity contribution is 7.94. The van der Waals surface area contributed by atoms with Crippen molar-refractivity contribution in [2.24, 2.45) is 10.1 Å². The van der Waals surface area contributed by atoms with Gasteiger partial charge in [0.2, 0.25) is 10.0 Å². The van der Waals surface area contributed by atoms with Crippen LogP contribution in [0.5, 0.6) is 0 Å². The van der Waals surface area contributed by atoms with E-state index in [-0.39, 0.29) is 10.6 Å². The van der Waals surface area contributed by atoms with Crippen LogP contribution in [-0.4, -0.2) is 14.1 Å². The highest BCUT2D eigenvalue weighted by Crippen LogP contribution is 2.17. The van der Waals surface area contributed by atoms with E-state index in [1.807, 2.05) is 0 Å². The van der Waals surface area contributed by atoms with Crippen molar-refractivity contribution in [2.75, 3.05) is 0 Å². The number of hydrogen-bond donors (Lipinski definition) is 1. The number of sulfonamides is 1. The minimum atomic E-state index is -3.76. The van der Waals surface area contributed by atoms with E-state index in [0.717, 1.165) is 0 Å². The molecule has 0 fully saturated rings. The predicted molar refractivity (Wildman–Crippen MR) is 57.1 cm³/mol. The number of nitrogens with two attached hydrogens (primary N) is 1. The fraction of sp³-hybridized carbons (Fsp3) is 0. The summed E-state index contributed by atoms with van der Waals surface area (Å²) in [6, 6.07) is 0. The van der Waals surface area contributed by atoms with Crippen LogP contribution in [0.1, 0.15) is 0 Å². The first kappa shape index (κ1) is 10.6. The molecule has 0 unspecified atom stereocenters. The maximum Gasteiger partial charge on any atom is 0.240 e. The lowest BCUT2D eigenvalue weighted by molar-refractivity contribution is 0.605. The molecular formula is C9H10N2O2S. The topological polar surface area (TPSA) is 72.5 Å². The molecule has 1 aliphatic rings. The molecule has 4 nitrogen and oxygen atoms in total. The normalized spacial score (nSPS) is 19.6. The Balaban J connectivity index is 3.35. The van der Waals surface area contributed by atoms with Gasteiger partial charge in [-0.25, -0.2) is 13.6 Å². The molecule has 0 heterocycles. The average Bonchev–Trinajstić information content (AvgIpc) is 2.07. The van der Waals surface area contributed by atoms with Gasteiger partial charge in [-0.05, 0) is 11.6 Å². The molecule has 0 aromatic rings. The van der Waals surface area contributed by atoms with Gasteiger partial charge in [-0.1, -0.05) is 25.3 Å². The Morgan fingerprint density at radius 2 is 2.14 bits per heavy atom. The Morgan fingerprint density at radius 1 is 1.50 bits per heavy atom. The quantitative estimate of drug-likeness (QED) is 0.734. The minimum absolute atomic E-state index is 0.0371. The van der Waals surface area contributed by atoms with Crippen molar-refractivity contribution in [3.63, 3.8) is 0 Å². The Hall–Kier alpha value is -1.46. The zero-order chi connectivity index (χ0) is 10.8. The molecule has 0 atom stereocenters. The van der Waals surface area contributed by atoms with Gasteiger partial charge in [0.1, 0.15) is 4.91 Å². The number of hydrogen-bond acceptors (Lipinski definition) is 3. The maximum absolute atomic E-state index is 11.1. The van der Waals surface area contributed by atoms with Crippen molar-refractivity contribution in [3.05, 3.63) is 48.1 Å². The van der Waals surface area contributed by atoms with Crippen molar-refractivity contribution >= 4 is 15.7 Å². The molecular weight excluding hydrogens is 200 g/mol. The lowest BCUT2D eigenvalue weighted by Gasteiger charge is -2.11. The molecule has 0 aliphatic heterocycles. The highest BCUT2D eigenvalue weighted by atomic mass is 32.2. The smallest absolute Gasteiger partial charge is 0.240 e. The molecule has 0 spiro atoms. The van der Waals surface area contributed by atoms with E-state index in [1.165, 1.54) is 12.3 Å². The van der Waals surface area contributed by atoms with E-state index >= 15 is 0 Å². The van der Waals surface area contributed by atoms with Gasteiger partial charge in [0.15, 0.2) is 0 Å². The Labute approximate surface area is 82.9 Å². The molecule has 74 valence electrons. The molecule has 0 aromatic carbocycles. The zero-order valence-corrected chi connectivity index (χ0v) is 8.29. The van der Waals surface area contributed by atoms with Crippen LogP contribution in [0.4, 0.5) is 0 Å². The summed E-state index contributed by atoms with van der Waals surface area (Å²) in [6.45, 7) is 7.04. The number of allylic oxidation sites excluding steroid dienone is 5. The van der Waals surface area contributed by atoms with Gasteiger partial charge >= 0.3 is 0 Å². The molecule has 5 heteroatoms. The molecule has 0 radical (unpaired) electrons. The van der Waals surface area contributed by atoms with Crippen LogP contribution >= 0.6 is 0 Å². The third-order valence-electron chi connectivity index (χ3n) is 1.61. The number of nitrogens with zero attached hydrogens (tertiary/aromatic N) is 1. The average molecular weight is 210 g/mol. The lowest BCUT2D eigenvalue weighted by Crippen LogP contribution is -2.22. The van der Waals surface area contributed by atoms with Crippen LogP contribution < -0.4 is 5.14 Å². The van der Waals surface area contributed by atoms with Gasteiger partial charge in [-0.15, -0.1) is 0 Å². The predicted octanol–water partition coefficient (Wildman–Crippen LogP) is 0.869. The first-order valence-corrected chi connectivity index (χ1v) is 5.31. The summed E-state index contributed by atoms with van der Waals surface area (Å²) in [5.41, 5.74) is 0.737. The standard InChI is InChI=1S/C9H10N2O2S/c1-3-11-9-7(2)5-4-6-8(9)14(10,12)13/h3-6H,1-2H2,(H2,10,12,13)/b11-9+. The molecule has 14 heavy (non-hydrogen) atoms. The second-order valence-corrected chi connectivity index (χ2v) is 4.15. The van der Waals surface area contributed by atoms with E-state index in [2.05, 4.69) is 18.2 Å². The van der Waals surface area contributed by atoms with E-state index in [4.69, 9.17) is 5.14 Å². The van der Waals surface area contributed by atoms with Gasteiger partial charge in [0.25, 0.3) is 0 Å². The first-order valence-electron chi connectivity index (χ1n) is 3.76. The Bertz CT molecular complexity index is 467. The van der Waals surface area contributed by atoms with Crippen LogP contribution in [0, 0.1) is 0 Å². The van der Waals surface area contributed by atoms with Crippen LogP contribution in [0.3, 0.4) is 0 Å². The molecule has 0 bridgehead atoms. The Morgan fingerprint density at radius 3 is 2.64 bits per heavy atom. The van der Waals surface area contributed by atoms with Crippen molar-refractivity contribution in [1.29, 1.82) is 0 Å². The lowest BCUT2D eigenvalue weighted by atomic mass is 10.1. The van der Waals surface area contributed by atoms with Crippen LogP contribution in [0.15, 0.2) is 53.1 Å². The van der Waals surface area contributed by atoms with Gasteiger partial charge < -0.3 is 0 Å². The molecule has 0 amide bonds. The number of primary sulfonamides is 1. The van der Waals surface area contributed by atoms with Crippen LogP contribution in [-0.2, 0) is 10.0 Å². The van der Waals surface area contributed by atoms with Crippen LogP contribution in [0.2, 0.25) is 0 Å². The van der Waals surface area contributed by atoms with Crippen molar-refractivity contribution in [2.45, 2.75) is 0 Å². The zero-order valence-electron chi connectivity index (χ0n) is 7.47. The summed E-state index contributed by atoms with van der Waals surface area (Å²) in [5.74, 6) is 0. The number of rotatable bonds is 2. The Kier molecular flexibility index (Phi) is 2.83. The van der Waals surface area contributed by atoms with Crippen LogP contribution in [0.25, 0.3) is 0 Å². The molecule has 2 N–H and O–H groups in total. The summed E-state index contributed by atoms with van der Waals surface area (Å²) in [7, 11) is -3.76. The molecule has 0 saturated carbocycles. The van der Waals surface area contributed by atoms with E-state index in [0.29, 0.717) is 5.57 Å². The summed E-state index contributed by atoms with van der Waals surface area (Å²) in [6.07, 6.45) is 5.84. The molecule has 0 aromatic heterocycles.